The van der Waals surface area contributed by atoms with E-state index >= 15 is 0 Å². The van der Waals surface area contributed by atoms with E-state index in [0.717, 1.165) is 50.5 Å². The van der Waals surface area contributed by atoms with Crippen molar-refractivity contribution in [2.24, 2.45) is 52.8 Å². The third-order valence-corrected chi connectivity index (χ3v) is 12.0. The molecule has 31 heavy (non-hydrogen) atoms. The summed E-state index contributed by atoms with van der Waals surface area (Å²) in [5.74, 6) is 4.89. The first-order chi connectivity index (χ1) is 14.7. The van der Waals surface area contributed by atoms with E-state index in [-0.39, 0.29) is 23.5 Å². The van der Waals surface area contributed by atoms with Crippen molar-refractivity contribution in [2.75, 3.05) is 13.1 Å². The number of piperidine rings is 2. The highest BCUT2D eigenvalue weighted by Gasteiger charge is 2.64. The van der Waals surface area contributed by atoms with Crippen molar-refractivity contribution in [2.45, 2.75) is 102 Å². The molecule has 4 saturated carbocycles. The zero-order chi connectivity index (χ0) is 21.7. The predicted octanol–water partition coefficient (Wildman–Crippen LogP) is 3.68. The van der Waals surface area contributed by atoms with Gasteiger partial charge in [0.05, 0.1) is 17.8 Å². The molecular weight excluding hydrogens is 386 g/mol. The Morgan fingerprint density at radius 3 is 2.35 bits per heavy atom. The number of hydrogen-bond acceptors (Lipinski definition) is 4. The van der Waals surface area contributed by atoms with Crippen LogP contribution in [0.25, 0.3) is 0 Å². The topological polar surface area (TPSA) is 63.9 Å². The first kappa shape index (κ1) is 21.4. The van der Waals surface area contributed by atoms with Gasteiger partial charge >= 0.3 is 0 Å². The molecule has 2 heterocycles. The Balaban J connectivity index is 1.30. The van der Waals surface area contributed by atoms with Gasteiger partial charge in [-0.05, 0) is 117 Å². The Labute approximate surface area is 188 Å². The number of aliphatic hydroxyl groups excluding tert-OH is 2. The molecule has 3 N–H and O–H groups in total. The van der Waals surface area contributed by atoms with E-state index in [9.17, 15) is 15.3 Å². The highest BCUT2D eigenvalue weighted by atomic mass is 16.3. The van der Waals surface area contributed by atoms with Crippen LogP contribution >= 0.6 is 0 Å². The van der Waals surface area contributed by atoms with Crippen LogP contribution in [0, 0.1) is 52.8 Å². The van der Waals surface area contributed by atoms with Crippen molar-refractivity contribution < 1.29 is 15.3 Å². The van der Waals surface area contributed by atoms with Crippen LogP contribution < -0.4 is 0 Å². The first-order valence-corrected chi connectivity index (χ1v) is 13.5. The van der Waals surface area contributed by atoms with Crippen LogP contribution in [0.3, 0.4) is 0 Å². The number of nitrogens with zero attached hydrogens (tertiary/aromatic N) is 1. The monoisotopic (exact) mass is 431 g/mol. The predicted molar refractivity (Wildman–Crippen MR) is 121 cm³/mol. The van der Waals surface area contributed by atoms with E-state index < -0.39 is 5.60 Å². The third kappa shape index (κ3) is 3.00. The summed E-state index contributed by atoms with van der Waals surface area (Å²) in [7, 11) is 0. The summed E-state index contributed by atoms with van der Waals surface area (Å²) in [5, 5.41) is 33.3. The molecule has 0 bridgehead atoms. The van der Waals surface area contributed by atoms with Crippen molar-refractivity contribution in [3.8, 4) is 0 Å². The van der Waals surface area contributed by atoms with Gasteiger partial charge in [0, 0.05) is 19.1 Å². The molecule has 4 heteroatoms. The average Bonchev–Trinajstić information content (AvgIpc) is 3.09. The van der Waals surface area contributed by atoms with Crippen molar-refractivity contribution in [3.63, 3.8) is 0 Å². The SMILES string of the molecule is C[C@H]1CC[C@@H]2N(C1)C[C@H]1[C@@H]3C[C@H]4[C@@H](C[C@@H](O)[C@H]5C[C@@H](O)CC[C@@]54C)[C@@H]3CC[C@@H]1C2(C)O. The lowest BCUT2D eigenvalue weighted by Crippen LogP contribution is -2.67. The van der Waals surface area contributed by atoms with Gasteiger partial charge in [0.2, 0.25) is 0 Å². The minimum atomic E-state index is -0.553. The van der Waals surface area contributed by atoms with Gasteiger partial charge in [0.1, 0.15) is 0 Å². The zero-order valence-corrected chi connectivity index (χ0v) is 19.9. The Morgan fingerprint density at radius 2 is 1.55 bits per heavy atom. The first-order valence-electron chi connectivity index (χ1n) is 13.5. The second-order valence-corrected chi connectivity index (χ2v) is 13.4. The molecule has 2 saturated heterocycles. The second kappa shape index (κ2) is 7.17. The van der Waals surface area contributed by atoms with Crippen LogP contribution in [0.4, 0.5) is 0 Å². The Bertz CT molecular complexity index is 711. The lowest BCUT2D eigenvalue weighted by atomic mass is 9.51. The maximum absolute atomic E-state index is 11.8. The van der Waals surface area contributed by atoms with Crippen LogP contribution in [-0.4, -0.2) is 57.2 Å². The fraction of sp³-hybridized carbons (Fsp3) is 1.00. The molecule has 6 rings (SSSR count). The van der Waals surface area contributed by atoms with Crippen LogP contribution in [0.1, 0.15) is 78.6 Å². The summed E-state index contributed by atoms with van der Waals surface area (Å²) in [6.07, 6.45) is 9.43. The highest BCUT2D eigenvalue weighted by Crippen LogP contribution is 2.67. The van der Waals surface area contributed by atoms with Crippen molar-refractivity contribution in [1.29, 1.82) is 0 Å². The fourth-order valence-corrected chi connectivity index (χ4v) is 10.6. The minimum Gasteiger partial charge on any atom is -0.393 e. The summed E-state index contributed by atoms with van der Waals surface area (Å²) in [5.41, 5.74) is -0.365. The largest absolute Gasteiger partial charge is 0.393 e. The summed E-state index contributed by atoms with van der Waals surface area (Å²) in [6, 6.07) is 0.355. The second-order valence-electron chi connectivity index (χ2n) is 13.4. The zero-order valence-electron chi connectivity index (χ0n) is 19.9. The molecule has 6 fully saturated rings. The van der Waals surface area contributed by atoms with Crippen LogP contribution in [-0.2, 0) is 0 Å². The van der Waals surface area contributed by atoms with Gasteiger partial charge in [-0.15, -0.1) is 0 Å². The maximum Gasteiger partial charge on any atom is 0.0805 e. The minimum absolute atomic E-state index is 0.188. The quantitative estimate of drug-likeness (QED) is 0.547. The molecule has 1 unspecified atom stereocenters. The molecule has 0 radical (unpaired) electrons. The molecule has 6 aliphatic rings. The molecule has 13 atom stereocenters. The molecule has 0 aromatic heterocycles. The van der Waals surface area contributed by atoms with E-state index in [0.29, 0.717) is 35.6 Å². The maximum atomic E-state index is 11.8. The van der Waals surface area contributed by atoms with Gasteiger partial charge in [-0.25, -0.2) is 0 Å². The fourth-order valence-electron chi connectivity index (χ4n) is 10.6. The molecule has 2 aliphatic heterocycles. The highest BCUT2D eigenvalue weighted by molar-refractivity contribution is 5.14. The van der Waals surface area contributed by atoms with Crippen molar-refractivity contribution in [3.05, 3.63) is 0 Å². The van der Waals surface area contributed by atoms with E-state index in [1.54, 1.807) is 0 Å². The van der Waals surface area contributed by atoms with Gasteiger partial charge in [-0.1, -0.05) is 13.8 Å². The van der Waals surface area contributed by atoms with Crippen LogP contribution in [0.5, 0.6) is 0 Å². The molecule has 0 aromatic rings. The van der Waals surface area contributed by atoms with E-state index in [4.69, 9.17) is 0 Å². The molecule has 0 aromatic carbocycles. The molecule has 176 valence electrons. The molecule has 0 spiro atoms. The number of rotatable bonds is 0. The summed E-state index contributed by atoms with van der Waals surface area (Å²) in [6.45, 7) is 9.36. The van der Waals surface area contributed by atoms with E-state index in [1.165, 1.54) is 32.2 Å². The van der Waals surface area contributed by atoms with Gasteiger partial charge in [-0.3, -0.25) is 4.90 Å². The van der Waals surface area contributed by atoms with Gasteiger partial charge in [-0.2, -0.15) is 0 Å². The Kier molecular flexibility index (Phi) is 4.94. The lowest BCUT2D eigenvalue weighted by Gasteiger charge is -2.60. The standard InChI is InChI=1S/C27H45NO3/c1-15-4-7-25-27(3,31)21-6-5-17-18(20(21)14-28(25)13-15)11-22-19(17)12-24(30)23-10-16(29)8-9-26(22,23)2/h15-25,29-31H,4-14H2,1-3H3/t15-,16-,17+,18+,19-,20-,21-,22-,23+,24+,25-,26+,27?/m0/s1. The van der Waals surface area contributed by atoms with Crippen molar-refractivity contribution >= 4 is 0 Å². The summed E-state index contributed by atoms with van der Waals surface area (Å²) in [4.78, 5) is 2.68. The van der Waals surface area contributed by atoms with Crippen LogP contribution in [0.15, 0.2) is 0 Å². The number of fused-ring (bicyclic) bond motifs is 8. The normalized spacial score (nSPS) is 61.5. The summed E-state index contributed by atoms with van der Waals surface area (Å²) >= 11 is 0. The van der Waals surface area contributed by atoms with E-state index in [2.05, 4.69) is 25.7 Å². The summed E-state index contributed by atoms with van der Waals surface area (Å²) < 4.78 is 0. The average molecular weight is 432 g/mol. The van der Waals surface area contributed by atoms with Gasteiger partial charge in [0.25, 0.3) is 0 Å². The van der Waals surface area contributed by atoms with Gasteiger partial charge < -0.3 is 15.3 Å². The number of hydrogen-bond donors (Lipinski definition) is 3. The lowest BCUT2D eigenvalue weighted by molar-refractivity contribution is -0.176. The third-order valence-electron chi connectivity index (χ3n) is 12.0. The molecule has 0 amide bonds. The van der Waals surface area contributed by atoms with Crippen molar-refractivity contribution in [1.82, 2.24) is 4.90 Å². The molecular formula is C27H45NO3. The van der Waals surface area contributed by atoms with E-state index in [1.807, 2.05) is 0 Å². The smallest absolute Gasteiger partial charge is 0.0805 e. The molecule has 4 nitrogen and oxygen atoms in total. The Morgan fingerprint density at radius 1 is 0.742 bits per heavy atom. The van der Waals surface area contributed by atoms with Gasteiger partial charge in [0.15, 0.2) is 0 Å². The molecule has 4 aliphatic carbocycles. The Hall–Kier alpha value is -0.160. The van der Waals surface area contributed by atoms with Crippen LogP contribution in [0.2, 0.25) is 0 Å². The number of aliphatic hydroxyl groups is 3.